The van der Waals surface area contributed by atoms with Crippen molar-refractivity contribution in [3.05, 3.63) is 68.8 Å². The molecule has 176 valence electrons. The molecule has 9 heteroatoms. The lowest BCUT2D eigenvalue weighted by Crippen LogP contribution is -2.38. The first kappa shape index (κ1) is 26.0. The van der Waals surface area contributed by atoms with Gasteiger partial charge in [0, 0.05) is 16.8 Å². The van der Waals surface area contributed by atoms with Crippen molar-refractivity contribution in [1.82, 2.24) is 10.6 Å². The van der Waals surface area contributed by atoms with Crippen molar-refractivity contribution in [2.45, 2.75) is 58.9 Å². The first-order chi connectivity index (χ1) is 15.0. The Balaban J connectivity index is 2.40. The van der Waals surface area contributed by atoms with Gasteiger partial charge in [0.15, 0.2) is 0 Å². The van der Waals surface area contributed by atoms with E-state index in [-0.39, 0.29) is 11.7 Å². The predicted octanol–water partition coefficient (Wildman–Crippen LogP) is 6.73. The van der Waals surface area contributed by atoms with Crippen LogP contribution in [0.15, 0.2) is 56.9 Å². The largest absolute Gasteiger partial charge is 0.496 e. The Morgan fingerprint density at radius 2 is 2.06 bits per heavy atom. The van der Waals surface area contributed by atoms with Crippen LogP contribution in [0.1, 0.15) is 57.7 Å². The molecule has 0 radical (unpaired) electrons. The van der Waals surface area contributed by atoms with Crippen molar-refractivity contribution in [2.24, 2.45) is 4.99 Å². The van der Waals surface area contributed by atoms with Gasteiger partial charge in [0.1, 0.15) is 23.6 Å². The summed E-state index contributed by atoms with van der Waals surface area (Å²) >= 11 is 3.53. The maximum atomic E-state index is 14.6. The summed E-state index contributed by atoms with van der Waals surface area (Å²) in [6, 6.07) is 2.52. The van der Waals surface area contributed by atoms with Crippen LogP contribution >= 0.6 is 15.9 Å². The lowest BCUT2D eigenvalue weighted by molar-refractivity contribution is -0.140. The Morgan fingerprint density at radius 3 is 2.66 bits per heavy atom. The zero-order valence-electron chi connectivity index (χ0n) is 18.7. The first-order valence-electron chi connectivity index (χ1n) is 10.3. The summed E-state index contributed by atoms with van der Waals surface area (Å²) in [5.74, 6) is -0.186. The van der Waals surface area contributed by atoms with Crippen molar-refractivity contribution in [3.8, 4) is 0 Å². The van der Waals surface area contributed by atoms with E-state index in [0.717, 1.165) is 24.6 Å². The minimum atomic E-state index is -4.77. The van der Waals surface area contributed by atoms with Crippen LogP contribution in [-0.4, -0.2) is 19.1 Å². The van der Waals surface area contributed by atoms with Gasteiger partial charge in [-0.2, -0.15) is 13.2 Å². The molecule has 0 aliphatic carbocycles. The molecule has 4 nitrogen and oxygen atoms in total. The molecule has 1 aliphatic heterocycles. The molecule has 2 rings (SSSR count). The van der Waals surface area contributed by atoms with E-state index in [2.05, 4.69) is 38.5 Å². The summed E-state index contributed by atoms with van der Waals surface area (Å²) in [6.45, 7) is 7.37. The molecule has 0 spiro atoms. The van der Waals surface area contributed by atoms with Crippen LogP contribution in [0.3, 0.4) is 0 Å². The molecule has 1 aliphatic rings. The fourth-order valence-corrected chi connectivity index (χ4v) is 3.85. The lowest BCUT2D eigenvalue weighted by atomic mass is 10.0. The topological polar surface area (TPSA) is 45.6 Å². The van der Waals surface area contributed by atoms with Gasteiger partial charge in [0.2, 0.25) is 0 Å². The molecule has 2 N–H and O–H groups in total. The van der Waals surface area contributed by atoms with E-state index in [1.54, 1.807) is 14.0 Å². The second kappa shape index (κ2) is 11.0. The van der Waals surface area contributed by atoms with Crippen LogP contribution in [0.5, 0.6) is 0 Å². The third-order valence-corrected chi connectivity index (χ3v) is 5.53. The van der Waals surface area contributed by atoms with Crippen LogP contribution in [-0.2, 0) is 10.9 Å². The van der Waals surface area contributed by atoms with Crippen molar-refractivity contribution in [2.75, 3.05) is 7.11 Å². The lowest BCUT2D eigenvalue weighted by Gasteiger charge is -2.27. The Kier molecular flexibility index (Phi) is 8.95. The van der Waals surface area contributed by atoms with Crippen LogP contribution in [0.25, 0.3) is 0 Å². The van der Waals surface area contributed by atoms with Gasteiger partial charge in [-0.15, -0.1) is 0 Å². The Morgan fingerprint density at radius 1 is 1.38 bits per heavy atom. The zero-order valence-corrected chi connectivity index (χ0v) is 20.3. The second-order valence-electron chi connectivity index (χ2n) is 7.46. The average molecular weight is 518 g/mol. The molecule has 0 saturated heterocycles. The van der Waals surface area contributed by atoms with Crippen LogP contribution in [0.2, 0.25) is 0 Å². The number of benzene rings is 1. The molecule has 0 saturated carbocycles. The van der Waals surface area contributed by atoms with Gasteiger partial charge in [-0.05, 0) is 61.3 Å². The SMILES string of the molecule is CCC/C=C(OC)/C(Br)=C\C1=C(C)NC(C)N=C1N[C@H](C)c1cccc(C(F)(F)F)c1F. The first-order valence-corrected chi connectivity index (χ1v) is 11.1. The quantitative estimate of drug-likeness (QED) is 0.239. The number of hydrogen-bond acceptors (Lipinski definition) is 4. The van der Waals surface area contributed by atoms with E-state index < -0.39 is 23.6 Å². The molecule has 0 bridgehead atoms. The molecular formula is C23H28BrF4N3O. The van der Waals surface area contributed by atoms with Gasteiger partial charge in [0.25, 0.3) is 0 Å². The van der Waals surface area contributed by atoms with Crippen LogP contribution in [0.4, 0.5) is 17.6 Å². The highest BCUT2D eigenvalue weighted by atomic mass is 79.9. The van der Waals surface area contributed by atoms with Crippen molar-refractivity contribution in [3.63, 3.8) is 0 Å². The summed E-state index contributed by atoms with van der Waals surface area (Å²) in [5.41, 5.74) is 0.127. The number of alkyl halides is 3. The van der Waals surface area contributed by atoms with Gasteiger partial charge in [-0.25, -0.2) is 9.38 Å². The van der Waals surface area contributed by atoms with E-state index >= 15 is 0 Å². The van der Waals surface area contributed by atoms with Gasteiger partial charge < -0.3 is 15.4 Å². The number of aliphatic imine (C=N–C) groups is 1. The highest BCUT2D eigenvalue weighted by Crippen LogP contribution is 2.34. The van der Waals surface area contributed by atoms with Crippen molar-refractivity contribution in [1.29, 1.82) is 0 Å². The molecule has 1 aromatic rings. The summed E-state index contributed by atoms with van der Waals surface area (Å²) < 4.78 is 60.1. The smallest absolute Gasteiger partial charge is 0.419 e. The summed E-state index contributed by atoms with van der Waals surface area (Å²) in [7, 11) is 1.57. The number of nitrogens with one attached hydrogen (secondary N) is 2. The van der Waals surface area contributed by atoms with Gasteiger partial charge in [-0.3, -0.25) is 0 Å². The summed E-state index contributed by atoms with van der Waals surface area (Å²) in [6.07, 6.45) is 0.550. The molecule has 1 unspecified atom stereocenters. The molecule has 1 aromatic carbocycles. The molecule has 0 amide bonds. The number of methoxy groups -OCH3 is 1. The van der Waals surface area contributed by atoms with E-state index in [1.807, 2.05) is 26.0 Å². The highest BCUT2D eigenvalue weighted by molar-refractivity contribution is 9.12. The molecule has 2 atom stereocenters. The number of halogens is 5. The minimum Gasteiger partial charge on any atom is -0.496 e. The average Bonchev–Trinajstić information content (AvgIpc) is 2.70. The molecule has 32 heavy (non-hydrogen) atoms. The highest BCUT2D eigenvalue weighted by Gasteiger charge is 2.35. The van der Waals surface area contributed by atoms with E-state index in [0.29, 0.717) is 21.7 Å². The predicted molar refractivity (Wildman–Crippen MR) is 123 cm³/mol. The number of unbranched alkanes of at least 4 members (excludes halogenated alkanes) is 1. The van der Waals surface area contributed by atoms with E-state index in [1.165, 1.54) is 12.1 Å². The second-order valence-corrected chi connectivity index (χ2v) is 8.32. The number of allylic oxidation sites excluding steroid dienone is 3. The van der Waals surface area contributed by atoms with E-state index in [9.17, 15) is 17.6 Å². The van der Waals surface area contributed by atoms with E-state index in [4.69, 9.17) is 4.74 Å². The number of ether oxygens (including phenoxy) is 1. The molecule has 0 aromatic heterocycles. The third kappa shape index (κ3) is 6.37. The Bertz CT molecular complexity index is 951. The Hall–Kier alpha value is -2.29. The Labute approximate surface area is 194 Å². The molecule has 0 fully saturated rings. The standard InChI is InChI=1S/C23H28BrF4N3O/c1-6-7-11-20(32-5)19(24)12-17-14(3)29-15(4)31-22(17)30-13(2)16-9-8-10-18(21(16)25)23(26,27)28/h8-13,15,29H,6-7H2,1-5H3,(H,30,31)/b19-12+,20-11-/t13-,15?/m1/s1. The zero-order chi connectivity index (χ0) is 24.1. The number of amidine groups is 1. The van der Waals surface area contributed by atoms with Crippen molar-refractivity contribution < 1.29 is 22.3 Å². The number of hydrogen-bond donors (Lipinski definition) is 2. The maximum Gasteiger partial charge on any atom is 0.419 e. The molecule has 1 heterocycles. The monoisotopic (exact) mass is 517 g/mol. The fraction of sp³-hybridized carbons (Fsp3) is 0.435. The molecular weight excluding hydrogens is 490 g/mol. The van der Waals surface area contributed by atoms with Crippen molar-refractivity contribution >= 4 is 21.8 Å². The normalized spacial score (nSPS) is 18.8. The summed E-state index contributed by atoms with van der Waals surface area (Å²) in [5, 5.41) is 6.31. The summed E-state index contributed by atoms with van der Waals surface area (Å²) in [4.78, 5) is 4.55. The fourth-order valence-electron chi connectivity index (χ4n) is 3.29. The van der Waals surface area contributed by atoms with Gasteiger partial charge in [-0.1, -0.05) is 25.5 Å². The number of rotatable bonds is 7. The van der Waals surface area contributed by atoms with Gasteiger partial charge >= 0.3 is 6.18 Å². The third-order valence-electron chi connectivity index (χ3n) is 4.91. The van der Waals surface area contributed by atoms with Crippen LogP contribution in [0, 0.1) is 5.82 Å². The number of nitrogens with zero attached hydrogens (tertiary/aromatic N) is 1. The van der Waals surface area contributed by atoms with Gasteiger partial charge in [0.05, 0.1) is 23.2 Å². The maximum absolute atomic E-state index is 14.6. The van der Waals surface area contributed by atoms with Crippen LogP contribution < -0.4 is 10.6 Å². The minimum absolute atomic E-state index is 0.0887.